The average Bonchev–Trinajstić information content (AvgIpc) is 2.85. The molecule has 1 rings (SSSR count). The molecule has 0 saturated heterocycles. The van der Waals surface area contributed by atoms with Crippen LogP contribution in [-0.4, -0.2) is 23.2 Å². The zero-order valence-electron chi connectivity index (χ0n) is 9.99. The van der Waals surface area contributed by atoms with Crippen LogP contribution in [0.15, 0.2) is 0 Å². The van der Waals surface area contributed by atoms with Gasteiger partial charge in [0.25, 0.3) is 0 Å². The van der Waals surface area contributed by atoms with E-state index in [4.69, 9.17) is 5.11 Å². The molecule has 0 aromatic rings. The Balaban J connectivity index is 2.31. The number of nitrogens with one attached hydrogen (secondary N) is 1. The minimum atomic E-state index is -0.716. The molecule has 1 fully saturated rings. The second kappa shape index (κ2) is 5.50. The van der Waals surface area contributed by atoms with Gasteiger partial charge in [-0.3, -0.25) is 4.79 Å². The highest BCUT2D eigenvalue weighted by Gasteiger charge is 2.26. The summed E-state index contributed by atoms with van der Waals surface area (Å²) in [5.74, 6) is 0.555. The molecule has 0 aliphatic heterocycles. The lowest BCUT2D eigenvalue weighted by Gasteiger charge is -2.21. The highest BCUT2D eigenvalue weighted by atomic mass is 16.4. The van der Waals surface area contributed by atoms with Crippen molar-refractivity contribution in [3.63, 3.8) is 0 Å². The highest BCUT2D eigenvalue weighted by molar-refractivity contribution is 5.73. The predicted molar refractivity (Wildman–Crippen MR) is 60.8 cm³/mol. The summed E-state index contributed by atoms with van der Waals surface area (Å²) in [6, 6.07) is -0.0453. The monoisotopic (exact) mass is 213 g/mol. The van der Waals surface area contributed by atoms with E-state index in [1.165, 1.54) is 12.8 Å². The third-order valence-electron chi connectivity index (χ3n) is 2.87. The lowest BCUT2D eigenvalue weighted by atomic mass is 10.0. The van der Waals surface area contributed by atoms with Crippen LogP contribution in [-0.2, 0) is 4.79 Å². The summed E-state index contributed by atoms with van der Waals surface area (Å²) in [5.41, 5.74) is 0. The van der Waals surface area contributed by atoms with Gasteiger partial charge in [-0.15, -0.1) is 0 Å². The first kappa shape index (κ1) is 12.5. The molecule has 15 heavy (non-hydrogen) atoms. The molecule has 0 aromatic carbocycles. The van der Waals surface area contributed by atoms with E-state index in [1.54, 1.807) is 0 Å². The fourth-order valence-electron chi connectivity index (χ4n) is 1.98. The molecule has 2 unspecified atom stereocenters. The Bertz CT molecular complexity index is 212. The van der Waals surface area contributed by atoms with Crippen LogP contribution in [0.2, 0.25) is 0 Å². The Morgan fingerprint density at radius 2 is 2.00 bits per heavy atom. The molecule has 0 aromatic heterocycles. The molecule has 0 heterocycles. The maximum absolute atomic E-state index is 11.0. The minimum Gasteiger partial charge on any atom is -0.480 e. The Kier molecular flexibility index (Phi) is 4.58. The molecular formula is C12H23NO2. The number of rotatable bonds is 7. The first-order valence-corrected chi connectivity index (χ1v) is 5.98. The summed E-state index contributed by atoms with van der Waals surface area (Å²) < 4.78 is 0. The average molecular weight is 213 g/mol. The molecule has 88 valence electrons. The number of carboxylic acids is 1. The SMILES string of the molecule is CC(C)CC(NC(C)CC1CC1)C(=O)O. The van der Waals surface area contributed by atoms with Gasteiger partial charge >= 0.3 is 5.97 Å². The molecule has 0 radical (unpaired) electrons. The van der Waals surface area contributed by atoms with E-state index in [0.717, 1.165) is 12.3 Å². The number of hydrogen-bond acceptors (Lipinski definition) is 2. The summed E-state index contributed by atoms with van der Waals surface area (Å²) in [7, 11) is 0. The molecule has 1 saturated carbocycles. The molecule has 1 aliphatic rings. The number of carbonyl (C=O) groups is 1. The standard InChI is InChI=1S/C12H23NO2/c1-8(2)6-11(12(14)15)13-9(3)7-10-4-5-10/h8-11,13H,4-7H2,1-3H3,(H,14,15). The van der Waals surface area contributed by atoms with Gasteiger partial charge in [-0.25, -0.2) is 0 Å². The Hall–Kier alpha value is -0.570. The summed E-state index contributed by atoms with van der Waals surface area (Å²) in [6.07, 6.45) is 4.49. The van der Waals surface area contributed by atoms with Gasteiger partial charge in [0, 0.05) is 6.04 Å². The predicted octanol–water partition coefficient (Wildman–Crippen LogP) is 2.26. The smallest absolute Gasteiger partial charge is 0.320 e. The highest BCUT2D eigenvalue weighted by Crippen LogP contribution is 2.33. The van der Waals surface area contributed by atoms with Crippen molar-refractivity contribution in [2.45, 2.75) is 58.5 Å². The fraction of sp³-hybridized carbons (Fsp3) is 0.917. The van der Waals surface area contributed by atoms with Gasteiger partial charge in [0.1, 0.15) is 6.04 Å². The van der Waals surface area contributed by atoms with E-state index in [0.29, 0.717) is 18.4 Å². The van der Waals surface area contributed by atoms with E-state index >= 15 is 0 Å². The second-order valence-electron chi connectivity index (χ2n) is 5.27. The molecule has 2 atom stereocenters. The lowest BCUT2D eigenvalue weighted by molar-refractivity contribution is -0.140. The Labute approximate surface area is 92.3 Å². The first-order valence-electron chi connectivity index (χ1n) is 5.98. The van der Waals surface area contributed by atoms with E-state index in [-0.39, 0.29) is 6.04 Å². The zero-order chi connectivity index (χ0) is 11.4. The van der Waals surface area contributed by atoms with Crippen molar-refractivity contribution in [2.24, 2.45) is 11.8 Å². The van der Waals surface area contributed by atoms with Crippen molar-refractivity contribution in [1.29, 1.82) is 0 Å². The van der Waals surface area contributed by atoms with Crippen molar-refractivity contribution in [2.75, 3.05) is 0 Å². The van der Waals surface area contributed by atoms with Crippen LogP contribution in [0.4, 0.5) is 0 Å². The van der Waals surface area contributed by atoms with Gasteiger partial charge in [-0.2, -0.15) is 0 Å². The summed E-state index contributed by atoms with van der Waals surface area (Å²) >= 11 is 0. The summed E-state index contributed by atoms with van der Waals surface area (Å²) in [5, 5.41) is 12.3. The van der Waals surface area contributed by atoms with Gasteiger partial charge in [-0.05, 0) is 31.6 Å². The van der Waals surface area contributed by atoms with Crippen LogP contribution in [0.3, 0.4) is 0 Å². The van der Waals surface area contributed by atoms with Crippen molar-refractivity contribution in [3.05, 3.63) is 0 Å². The fourth-order valence-corrected chi connectivity index (χ4v) is 1.98. The quantitative estimate of drug-likeness (QED) is 0.682. The zero-order valence-corrected chi connectivity index (χ0v) is 9.99. The number of carboxylic acid groups (broad SMARTS) is 1. The van der Waals surface area contributed by atoms with Gasteiger partial charge < -0.3 is 10.4 Å². The van der Waals surface area contributed by atoms with Crippen LogP contribution in [0, 0.1) is 11.8 Å². The second-order valence-corrected chi connectivity index (χ2v) is 5.27. The van der Waals surface area contributed by atoms with Crippen molar-refractivity contribution >= 4 is 5.97 Å². The molecule has 0 bridgehead atoms. The van der Waals surface area contributed by atoms with Crippen LogP contribution in [0.25, 0.3) is 0 Å². The van der Waals surface area contributed by atoms with Gasteiger partial charge in [0.2, 0.25) is 0 Å². The number of aliphatic carboxylic acids is 1. The van der Waals surface area contributed by atoms with Crippen molar-refractivity contribution in [3.8, 4) is 0 Å². The van der Waals surface area contributed by atoms with E-state index in [1.807, 2.05) is 0 Å². The molecule has 3 nitrogen and oxygen atoms in total. The van der Waals surface area contributed by atoms with Crippen LogP contribution in [0.1, 0.15) is 46.5 Å². The Morgan fingerprint density at radius 3 is 2.40 bits per heavy atom. The van der Waals surface area contributed by atoms with E-state index in [9.17, 15) is 4.79 Å². The topological polar surface area (TPSA) is 49.3 Å². The largest absolute Gasteiger partial charge is 0.480 e. The van der Waals surface area contributed by atoms with Crippen LogP contribution in [0.5, 0.6) is 0 Å². The van der Waals surface area contributed by atoms with Gasteiger partial charge in [-0.1, -0.05) is 26.7 Å². The van der Waals surface area contributed by atoms with Crippen LogP contribution < -0.4 is 5.32 Å². The normalized spacial score (nSPS) is 20.3. The Morgan fingerprint density at radius 1 is 1.40 bits per heavy atom. The van der Waals surface area contributed by atoms with E-state index < -0.39 is 5.97 Å². The van der Waals surface area contributed by atoms with Crippen molar-refractivity contribution < 1.29 is 9.90 Å². The molecule has 3 heteroatoms. The number of hydrogen-bond donors (Lipinski definition) is 2. The first-order chi connectivity index (χ1) is 6.99. The van der Waals surface area contributed by atoms with Crippen molar-refractivity contribution in [1.82, 2.24) is 5.32 Å². The van der Waals surface area contributed by atoms with Crippen LogP contribution >= 0.6 is 0 Å². The molecule has 2 N–H and O–H groups in total. The van der Waals surface area contributed by atoms with E-state index in [2.05, 4.69) is 26.1 Å². The molecule has 0 amide bonds. The third kappa shape index (κ3) is 5.17. The van der Waals surface area contributed by atoms with Gasteiger partial charge in [0.15, 0.2) is 0 Å². The van der Waals surface area contributed by atoms with Gasteiger partial charge in [0.05, 0.1) is 0 Å². The maximum atomic E-state index is 11.0. The molecule has 1 aliphatic carbocycles. The molecular weight excluding hydrogens is 190 g/mol. The molecule has 0 spiro atoms. The lowest BCUT2D eigenvalue weighted by Crippen LogP contribution is -2.43. The summed E-state index contributed by atoms with van der Waals surface area (Å²) in [6.45, 7) is 6.21. The summed E-state index contributed by atoms with van der Waals surface area (Å²) in [4.78, 5) is 11.0. The minimum absolute atomic E-state index is 0.331. The third-order valence-corrected chi connectivity index (χ3v) is 2.87. The maximum Gasteiger partial charge on any atom is 0.320 e.